The van der Waals surface area contributed by atoms with Crippen LogP contribution in [-0.4, -0.2) is 12.0 Å². The molecule has 0 fully saturated rings. The monoisotopic (exact) mass is 295 g/mol. The van der Waals surface area contributed by atoms with Crippen LogP contribution >= 0.6 is 0 Å². The van der Waals surface area contributed by atoms with Gasteiger partial charge in [0.2, 0.25) is 0 Å². The van der Waals surface area contributed by atoms with Gasteiger partial charge in [0.25, 0.3) is 0 Å². The van der Waals surface area contributed by atoms with E-state index in [0.29, 0.717) is 0 Å². The van der Waals surface area contributed by atoms with Crippen molar-refractivity contribution in [3.8, 4) is 0 Å². The Kier molecular flexibility index (Phi) is 3.80. The highest BCUT2D eigenvalue weighted by molar-refractivity contribution is 5.63. The van der Waals surface area contributed by atoms with Crippen LogP contribution in [-0.2, 0) is 6.18 Å². The van der Waals surface area contributed by atoms with Crippen molar-refractivity contribution in [1.82, 2.24) is 4.98 Å². The quantitative estimate of drug-likeness (QED) is 0.908. The number of nitrogen functional groups attached to an aromatic ring is 1. The first-order chi connectivity index (χ1) is 9.66. The summed E-state index contributed by atoms with van der Waals surface area (Å²) >= 11 is 0. The number of halogens is 3. The molecule has 2 aromatic rings. The van der Waals surface area contributed by atoms with Crippen molar-refractivity contribution in [2.45, 2.75) is 20.0 Å². The summed E-state index contributed by atoms with van der Waals surface area (Å²) in [5.41, 5.74) is 7.50. The van der Waals surface area contributed by atoms with Crippen molar-refractivity contribution in [3.05, 3.63) is 47.0 Å². The van der Waals surface area contributed by atoms with Gasteiger partial charge in [0, 0.05) is 12.7 Å². The molecule has 0 spiro atoms. The predicted octanol–water partition coefficient (Wildman–Crippen LogP) is 4.07. The minimum absolute atomic E-state index is 0.156. The number of aromatic nitrogens is 1. The molecule has 1 aromatic carbocycles. The summed E-state index contributed by atoms with van der Waals surface area (Å²) in [5, 5.41) is 0. The summed E-state index contributed by atoms with van der Waals surface area (Å²) < 4.78 is 38.5. The Morgan fingerprint density at radius 3 is 2.10 bits per heavy atom. The van der Waals surface area contributed by atoms with Crippen LogP contribution in [0.25, 0.3) is 0 Å². The third-order valence-corrected chi connectivity index (χ3v) is 3.10. The SMILES string of the molecule is Cc1cc(C)cc(N(C)c2cc(C(F)(F)F)cc(N)n2)c1. The molecule has 112 valence electrons. The van der Waals surface area contributed by atoms with Gasteiger partial charge in [0.15, 0.2) is 0 Å². The van der Waals surface area contributed by atoms with E-state index in [2.05, 4.69) is 4.98 Å². The summed E-state index contributed by atoms with van der Waals surface area (Å²) in [6.07, 6.45) is -4.45. The standard InChI is InChI=1S/C15H16F3N3/c1-9-4-10(2)6-12(5-9)21(3)14-8-11(15(16,17)18)7-13(19)20-14/h4-8H,1-3H3,(H2,19,20). The van der Waals surface area contributed by atoms with Gasteiger partial charge in [-0.1, -0.05) is 6.07 Å². The first kappa shape index (κ1) is 15.2. The average molecular weight is 295 g/mol. The molecule has 0 saturated carbocycles. The first-order valence-electron chi connectivity index (χ1n) is 6.33. The summed E-state index contributed by atoms with van der Waals surface area (Å²) in [6.45, 7) is 3.86. The van der Waals surface area contributed by atoms with Gasteiger partial charge in [-0.05, 0) is 49.2 Å². The maximum Gasteiger partial charge on any atom is 0.416 e. The molecular formula is C15H16F3N3. The van der Waals surface area contributed by atoms with Crippen LogP contribution in [0.15, 0.2) is 30.3 Å². The number of benzene rings is 1. The molecule has 2 rings (SSSR count). The van der Waals surface area contributed by atoms with E-state index in [1.54, 1.807) is 11.9 Å². The Morgan fingerprint density at radius 2 is 1.57 bits per heavy atom. The molecule has 0 aliphatic heterocycles. The van der Waals surface area contributed by atoms with Gasteiger partial charge in [-0.25, -0.2) is 4.98 Å². The second-order valence-corrected chi connectivity index (χ2v) is 5.04. The summed E-state index contributed by atoms with van der Waals surface area (Å²) in [5.74, 6) is 0.00313. The van der Waals surface area contributed by atoms with Gasteiger partial charge in [-0.2, -0.15) is 13.2 Å². The zero-order chi connectivity index (χ0) is 15.8. The zero-order valence-corrected chi connectivity index (χ0v) is 12.0. The number of hydrogen-bond acceptors (Lipinski definition) is 3. The second kappa shape index (κ2) is 5.27. The number of nitrogens with zero attached hydrogens (tertiary/aromatic N) is 2. The van der Waals surface area contributed by atoms with Gasteiger partial charge in [-0.3, -0.25) is 0 Å². The smallest absolute Gasteiger partial charge is 0.384 e. The van der Waals surface area contributed by atoms with Crippen molar-refractivity contribution in [3.63, 3.8) is 0 Å². The van der Waals surface area contributed by atoms with E-state index in [9.17, 15) is 13.2 Å². The molecule has 0 aliphatic rings. The van der Waals surface area contributed by atoms with Crippen molar-refractivity contribution >= 4 is 17.3 Å². The summed E-state index contributed by atoms with van der Waals surface area (Å²) in [6, 6.07) is 7.58. The Balaban J connectivity index is 2.48. The molecule has 6 heteroatoms. The van der Waals surface area contributed by atoms with Crippen molar-refractivity contribution in [1.29, 1.82) is 0 Å². The third-order valence-electron chi connectivity index (χ3n) is 3.10. The number of nitrogens with two attached hydrogens (primary N) is 1. The molecule has 0 atom stereocenters. The topological polar surface area (TPSA) is 42.1 Å². The molecule has 3 nitrogen and oxygen atoms in total. The number of pyridine rings is 1. The molecule has 0 amide bonds. The minimum atomic E-state index is -4.45. The van der Waals surface area contributed by atoms with E-state index in [0.717, 1.165) is 28.9 Å². The molecule has 0 unspecified atom stereocenters. The molecule has 0 aliphatic carbocycles. The van der Waals surface area contributed by atoms with Crippen LogP contribution < -0.4 is 10.6 Å². The van der Waals surface area contributed by atoms with Gasteiger partial charge < -0.3 is 10.6 Å². The van der Waals surface area contributed by atoms with Crippen LogP contribution in [0.5, 0.6) is 0 Å². The number of aryl methyl sites for hydroxylation is 2. The average Bonchev–Trinajstić information content (AvgIpc) is 2.35. The molecule has 2 N–H and O–H groups in total. The van der Waals surface area contributed by atoms with Gasteiger partial charge in [0.05, 0.1) is 5.56 Å². The zero-order valence-electron chi connectivity index (χ0n) is 12.0. The lowest BCUT2D eigenvalue weighted by atomic mass is 10.1. The molecule has 21 heavy (non-hydrogen) atoms. The summed E-state index contributed by atoms with van der Waals surface area (Å²) in [4.78, 5) is 5.58. The van der Waals surface area contributed by atoms with E-state index in [1.807, 2.05) is 32.0 Å². The lowest BCUT2D eigenvalue weighted by molar-refractivity contribution is -0.137. The number of rotatable bonds is 2. The van der Waals surface area contributed by atoms with E-state index in [-0.39, 0.29) is 11.6 Å². The Bertz CT molecular complexity index is 645. The number of alkyl halides is 3. The third kappa shape index (κ3) is 3.45. The van der Waals surface area contributed by atoms with E-state index < -0.39 is 11.7 Å². The van der Waals surface area contributed by atoms with Gasteiger partial charge >= 0.3 is 6.18 Å². The van der Waals surface area contributed by atoms with Gasteiger partial charge in [0.1, 0.15) is 11.6 Å². The highest BCUT2D eigenvalue weighted by Gasteiger charge is 2.31. The predicted molar refractivity (Wildman–Crippen MR) is 77.6 cm³/mol. The fraction of sp³-hybridized carbons (Fsp3) is 0.267. The van der Waals surface area contributed by atoms with E-state index >= 15 is 0 Å². The Labute approximate surface area is 121 Å². The number of anilines is 3. The highest BCUT2D eigenvalue weighted by atomic mass is 19.4. The second-order valence-electron chi connectivity index (χ2n) is 5.04. The normalized spacial score (nSPS) is 11.5. The molecule has 0 radical (unpaired) electrons. The first-order valence-corrected chi connectivity index (χ1v) is 6.33. The molecule has 0 bridgehead atoms. The van der Waals surface area contributed by atoms with Crippen molar-refractivity contribution in [2.24, 2.45) is 0 Å². The van der Waals surface area contributed by atoms with Crippen molar-refractivity contribution < 1.29 is 13.2 Å². The largest absolute Gasteiger partial charge is 0.416 e. The minimum Gasteiger partial charge on any atom is -0.384 e. The number of hydrogen-bond donors (Lipinski definition) is 1. The lowest BCUT2D eigenvalue weighted by Crippen LogP contribution is -2.15. The fourth-order valence-corrected chi connectivity index (χ4v) is 2.15. The fourth-order valence-electron chi connectivity index (χ4n) is 2.15. The Morgan fingerprint density at radius 1 is 1.00 bits per heavy atom. The van der Waals surface area contributed by atoms with E-state index in [4.69, 9.17) is 5.73 Å². The van der Waals surface area contributed by atoms with E-state index in [1.165, 1.54) is 0 Å². The van der Waals surface area contributed by atoms with Crippen LogP contribution in [0, 0.1) is 13.8 Å². The van der Waals surface area contributed by atoms with Crippen LogP contribution in [0.3, 0.4) is 0 Å². The maximum atomic E-state index is 12.8. The molecule has 0 saturated heterocycles. The highest BCUT2D eigenvalue weighted by Crippen LogP contribution is 2.33. The maximum absolute atomic E-state index is 12.8. The van der Waals surface area contributed by atoms with Crippen molar-refractivity contribution in [2.75, 3.05) is 17.7 Å². The molecule has 1 heterocycles. The molecule has 1 aromatic heterocycles. The van der Waals surface area contributed by atoms with Gasteiger partial charge in [-0.15, -0.1) is 0 Å². The Hall–Kier alpha value is -2.24. The summed E-state index contributed by atoms with van der Waals surface area (Å²) in [7, 11) is 1.66. The van der Waals surface area contributed by atoms with Crippen LogP contribution in [0.2, 0.25) is 0 Å². The van der Waals surface area contributed by atoms with Crippen LogP contribution in [0.1, 0.15) is 16.7 Å². The molecular weight excluding hydrogens is 279 g/mol. The van der Waals surface area contributed by atoms with Crippen LogP contribution in [0.4, 0.5) is 30.5 Å². The lowest BCUT2D eigenvalue weighted by Gasteiger charge is -2.21.